The maximum Gasteiger partial charge on any atom is 0.250 e. The number of benzene rings is 1. The SMILES string of the molecule is COCC(=O)Nc1cccc(NCC2CCC(C)O2)c1. The normalized spacial score (nSPS) is 21.7. The third-order valence-electron chi connectivity index (χ3n) is 3.28. The fraction of sp³-hybridized carbons (Fsp3) is 0.533. The van der Waals surface area contributed by atoms with Crippen molar-refractivity contribution in [3.05, 3.63) is 24.3 Å². The predicted molar refractivity (Wildman–Crippen MR) is 79.0 cm³/mol. The number of hydrogen-bond donors (Lipinski definition) is 2. The Bertz CT molecular complexity index is 450. The molecular weight excluding hydrogens is 256 g/mol. The van der Waals surface area contributed by atoms with Crippen molar-refractivity contribution in [2.24, 2.45) is 0 Å². The minimum atomic E-state index is -0.155. The minimum Gasteiger partial charge on any atom is -0.382 e. The monoisotopic (exact) mass is 278 g/mol. The first-order chi connectivity index (χ1) is 9.67. The Kier molecular flexibility index (Phi) is 5.38. The maximum atomic E-state index is 11.5. The van der Waals surface area contributed by atoms with Gasteiger partial charge in [-0.2, -0.15) is 0 Å². The lowest BCUT2D eigenvalue weighted by Gasteiger charge is -2.14. The zero-order valence-electron chi connectivity index (χ0n) is 12.0. The molecule has 2 N–H and O–H groups in total. The van der Waals surface area contributed by atoms with Crippen LogP contribution in [0.25, 0.3) is 0 Å². The zero-order chi connectivity index (χ0) is 14.4. The Balaban J connectivity index is 1.84. The summed E-state index contributed by atoms with van der Waals surface area (Å²) in [4.78, 5) is 11.5. The number of amides is 1. The molecule has 0 bridgehead atoms. The average molecular weight is 278 g/mol. The van der Waals surface area contributed by atoms with Gasteiger partial charge in [0.05, 0.1) is 12.2 Å². The Labute approximate surface area is 119 Å². The summed E-state index contributed by atoms with van der Waals surface area (Å²) in [5, 5.41) is 6.13. The van der Waals surface area contributed by atoms with E-state index in [1.165, 1.54) is 7.11 Å². The highest BCUT2D eigenvalue weighted by Crippen LogP contribution is 2.20. The Morgan fingerprint density at radius 3 is 2.90 bits per heavy atom. The van der Waals surface area contributed by atoms with Crippen LogP contribution >= 0.6 is 0 Å². The molecule has 1 aromatic rings. The third-order valence-corrected chi connectivity index (χ3v) is 3.28. The molecule has 110 valence electrons. The summed E-state index contributed by atoms with van der Waals surface area (Å²) < 4.78 is 10.5. The Hall–Kier alpha value is -1.59. The van der Waals surface area contributed by atoms with Gasteiger partial charge in [0.15, 0.2) is 0 Å². The summed E-state index contributed by atoms with van der Waals surface area (Å²) in [7, 11) is 1.50. The standard InChI is InChI=1S/C15H22N2O3/c1-11-6-7-14(20-11)9-16-12-4-3-5-13(8-12)17-15(18)10-19-2/h3-5,8,11,14,16H,6-7,9-10H2,1-2H3,(H,17,18). The van der Waals surface area contributed by atoms with Crippen molar-refractivity contribution >= 4 is 17.3 Å². The van der Waals surface area contributed by atoms with Crippen LogP contribution in [0.5, 0.6) is 0 Å². The van der Waals surface area contributed by atoms with E-state index in [0.717, 1.165) is 30.8 Å². The molecule has 0 aliphatic carbocycles. The molecule has 2 unspecified atom stereocenters. The lowest BCUT2D eigenvalue weighted by Crippen LogP contribution is -2.20. The fourth-order valence-corrected chi connectivity index (χ4v) is 2.30. The van der Waals surface area contributed by atoms with Crippen LogP contribution in [0, 0.1) is 0 Å². The second kappa shape index (κ2) is 7.26. The van der Waals surface area contributed by atoms with Crippen LogP contribution in [-0.4, -0.2) is 38.4 Å². The first kappa shape index (κ1) is 14.8. The summed E-state index contributed by atoms with van der Waals surface area (Å²) in [5.74, 6) is -0.155. The van der Waals surface area contributed by atoms with Crippen LogP contribution in [0.15, 0.2) is 24.3 Å². The van der Waals surface area contributed by atoms with Crippen LogP contribution in [0.3, 0.4) is 0 Å². The van der Waals surface area contributed by atoms with Gasteiger partial charge in [0.25, 0.3) is 0 Å². The van der Waals surface area contributed by atoms with Gasteiger partial charge in [-0.3, -0.25) is 4.79 Å². The van der Waals surface area contributed by atoms with Gasteiger partial charge in [-0.05, 0) is 38.0 Å². The van der Waals surface area contributed by atoms with E-state index in [1.54, 1.807) is 0 Å². The second-order valence-electron chi connectivity index (χ2n) is 5.09. The Morgan fingerprint density at radius 2 is 2.20 bits per heavy atom. The summed E-state index contributed by atoms with van der Waals surface area (Å²) in [6.45, 7) is 2.96. The molecule has 2 atom stereocenters. The van der Waals surface area contributed by atoms with Crippen molar-refractivity contribution in [1.29, 1.82) is 0 Å². The van der Waals surface area contributed by atoms with Gasteiger partial charge in [0.2, 0.25) is 5.91 Å². The lowest BCUT2D eigenvalue weighted by molar-refractivity contribution is -0.119. The number of rotatable bonds is 6. The summed E-state index contributed by atoms with van der Waals surface area (Å²) in [5.41, 5.74) is 1.74. The third kappa shape index (κ3) is 4.51. The first-order valence-electron chi connectivity index (χ1n) is 6.95. The highest BCUT2D eigenvalue weighted by Gasteiger charge is 2.21. The van der Waals surface area contributed by atoms with Gasteiger partial charge in [-0.15, -0.1) is 0 Å². The molecule has 1 aromatic carbocycles. The molecule has 0 radical (unpaired) electrons. The number of carbonyl (C=O) groups is 1. The summed E-state index contributed by atoms with van der Waals surface area (Å²) >= 11 is 0. The molecule has 0 saturated carbocycles. The molecule has 5 heteroatoms. The van der Waals surface area contributed by atoms with Crippen LogP contribution in [0.1, 0.15) is 19.8 Å². The van der Waals surface area contributed by atoms with Crippen LogP contribution in [-0.2, 0) is 14.3 Å². The zero-order valence-corrected chi connectivity index (χ0v) is 12.0. The molecule has 1 fully saturated rings. The quantitative estimate of drug-likeness (QED) is 0.838. The van der Waals surface area contributed by atoms with E-state index in [0.29, 0.717) is 6.10 Å². The number of nitrogens with one attached hydrogen (secondary N) is 2. The van der Waals surface area contributed by atoms with Crippen LogP contribution < -0.4 is 10.6 Å². The van der Waals surface area contributed by atoms with Crippen molar-refractivity contribution in [1.82, 2.24) is 0 Å². The van der Waals surface area contributed by atoms with E-state index in [2.05, 4.69) is 17.6 Å². The molecule has 20 heavy (non-hydrogen) atoms. The largest absolute Gasteiger partial charge is 0.382 e. The smallest absolute Gasteiger partial charge is 0.250 e. The molecule has 1 aliphatic heterocycles. The number of carbonyl (C=O) groups excluding carboxylic acids is 1. The minimum absolute atomic E-state index is 0.0610. The van der Waals surface area contributed by atoms with Gasteiger partial charge in [-0.1, -0.05) is 6.07 Å². The highest BCUT2D eigenvalue weighted by atomic mass is 16.5. The number of methoxy groups -OCH3 is 1. The van der Waals surface area contributed by atoms with Crippen molar-refractivity contribution in [2.75, 3.05) is 30.9 Å². The van der Waals surface area contributed by atoms with E-state index in [4.69, 9.17) is 9.47 Å². The number of hydrogen-bond acceptors (Lipinski definition) is 4. The highest BCUT2D eigenvalue weighted by molar-refractivity contribution is 5.92. The molecule has 0 aromatic heterocycles. The number of anilines is 2. The molecule has 1 heterocycles. The van der Waals surface area contributed by atoms with Crippen molar-refractivity contribution in [3.63, 3.8) is 0 Å². The predicted octanol–water partition coefficient (Wildman–Crippen LogP) is 2.25. The van der Waals surface area contributed by atoms with Crippen molar-refractivity contribution in [3.8, 4) is 0 Å². The fourth-order valence-electron chi connectivity index (χ4n) is 2.30. The van der Waals surface area contributed by atoms with Crippen molar-refractivity contribution in [2.45, 2.75) is 32.0 Å². The van der Waals surface area contributed by atoms with E-state index in [9.17, 15) is 4.79 Å². The topological polar surface area (TPSA) is 59.6 Å². The molecule has 2 rings (SSSR count). The van der Waals surface area contributed by atoms with E-state index >= 15 is 0 Å². The van der Waals surface area contributed by atoms with E-state index in [-0.39, 0.29) is 18.6 Å². The van der Waals surface area contributed by atoms with Gasteiger partial charge >= 0.3 is 0 Å². The Morgan fingerprint density at radius 1 is 1.40 bits per heavy atom. The average Bonchev–Trinajstić information content (AvgIpc) is 2.83. The van der Waals surface area contributed by atoms with Gasteiger partial charge in [0, 0.05) is 25.0 Å². The molecule has 1 saturated heterocycles. The van der Waals surface area contributed by atoms with Gasteiger partial charge in [-0.25, -0.2) is 0 Å². The van der Waals surface area contributed by atoms with E-state index in [1.807, 2.05) is 24.3 Å². The molecular formula is C15H22N2O3. The molecule has 5 nitrogen and oxygen atoms in total. The van der Waals surface area contributed by atoms with Crippen molar-refractivity contribution < 1.29 is 14.3 Å². The first-order valence-corrected chi connectivity index (χ1v) is 6.95. The van der Waals surface area contributed by atoms with Crippen LogP contribution in [0.2, 0.25) is 0 Å². The van der Waals surface area contributed by atoms with Crippen LogP contribution in [0.4, 0.5) is 11.4 Å². The maximum absolute atomic E-state index is 11.5. The summed E-state index contributed by atoms with van der Waals surface area (Å²) in [6, 6.07) is 7.64. The summed E-state index contributed by atoms with van der Waals surface area (Å²) in [6.07, 6.45) is 2.86. The molecule has 1 aliphatic rings. The molecule has 0 spiro atoms. The van der Waals surface area contributed by atoms with Gasteiger partial charge in [0.1, 0.15) is 6.61 Å². The lowest BCUT2D eigenvalue weighted by atomic mass is 10.2. The molecule has 1 amide bonds. The van der Waals surface area contributed by atoms with E-state index < -0.39 is 0 Å². The number of ether oxygens (including phenoxy) is 2. The van der Waals surface area contributed by atoms with Gasteiger partial charge < -0.3 is 20.1 Å². The second-order valence-corrected chi connectivity index (χ2v) is 5.09.